The molecule has 1 unspecified atom stereocenters. The number of hydrogen-bond donors (Lipinski definition) is 1. The van der Waals surface area contributed by atoms with Crippen LogP contribution in [0, 0.1) is 5.82 Å². The Morgan fingerprint density at radius 1 is 1.13 bits per heavy atom. The van der Waals surface area contributed by atoms with Crippen molar-refractivity contribution in [3.63, 3.8) is 0 Å². The van der Waals surface area contributed by atoms with Crippen molar-refractivity contribution >= 4 is 23.6 Å². The van der Waals surface area contributed by atoms with Gasteiger partial charge in [0.25, 0.3) is 5.91 Å². The summed E-state index contributed by atoms with van der Waals surface area (Å²) >= 11 is 1.62. The lowest BCUT2D eigenvalue weighted by molar-refractivity contribution is -0.128. The first-order valence-electron chi connectivity index (χ1n) is 9.59. The minimum absolute atomic E-state index is 0.247. The number of amides is 2. The number of piperazine rings is 1. The summed E-state index contributed by atoms with van der Waals surface area (Å²) in [6.45, 7) is 0.734. The Kier molecular flexibility index (Phi) is 6.09. The fourth-order valence-corrected chi connectivity index (χ4v) is 4.21. The van der Waals surface area contributed by atoms with Crippen LogP contribution >= 0.6 is 11.8 Å². The van der Waals surface area contributed by atoms with Crippen LogP contribution in [0.2, 0.25) is 0 Å². The number of nitrogens with zero attached hydrogens (tertiary/aromatic N) is 2. The number of pyridine rings is 1. The molecular weight excluding hydrogens is 401 g/mol. The van der Waals surface area contributed by atoms with E-state index in [1.807, 2.05) is 30.3 Å². The van der Waals surface area contributed by atoms with Crippen molar-refractivity contribution in [1.29, 1.82) is 0 Å². The van der Waals surface area contributed by atoms with Gasteiger partial charge < -0.3 is 10.2 Å². The maximum absolute atomic E-state index is 13.7. The molecule has 5 nitrogen and oxygen atoms in total. The summed E-state index contributed by atoms with van der Waals surface area (Å²) in [5.74, 6) is -0.247. The van der Waals surface area contributed by atoms with Crippen LogP contribution in [0.3, 0.4) is 0 Å². The first-order valence-corrected chi connectivity index (χ1v) is 10.6. The summed E-state index contributed by atoms with van der Waals surface area (Å²) in [5, 5.41) is 3.70. The van der Waals surface area contributed by atoms with Crippen molar-refractivity contribution < 1.29 is 14.0 Å². The maximum atomic E-state index is 13.7. The highest BCUT2D eigenvalue weighted by Gasteiger charge is 2.34. The van der Waals surface area contributed by atoms with Gasteiger partial charge >= 0.3 is 0 Å². The number of carbonyl (C=O) groups is 2. The van der Waals surface area contributed by atoms with E-state index < -0.39 is 11.9 Å². The number of nitrogens with one attached hydrogen (secondary N) is 1. The van der Waals surface area contributed by atoms with Crippen molar-refractivity contribution in [3.05, 3.63) is 95.4 Å². The van der Waals surface area contributed by atoms with Gasteiger partial charge in [-0.2, -0.15) is 0 Å². The lowest BCUT2D eigenvalue weighted by atomic mass is 10.0. The third kappa shape index (κ3) is 4.52. The quantitative estimate of drug-likeness (QED) is 0.636. The average molecular weight is 421 g/mol. The molecule has 0 saturated carbocycles. The molecule has 1 atom stereocenters. The van der Waals surface area contributed by atoms with E-state index >= 15 is 0 Å². The molecule has 0 aliphatic carbocycles. The lowest BCUT2D eigenvalue weighted by Gasteiger charge is -2.35. The molecule has 30 heavy (non-hydrogen) atoms. The molecule has 4 rings (SSSR count). The van der Waals surface area contributed by atoms with Gasteiger partial charge in [-0.1, -0.05) is 30.3 Å². The number of thioether (sulfide) groups is 1. The van der Waals surface area contributed by atoms with E-state index in [0.29, 0.717) is 24.2 Å². The average Bonchev–Trinajstić information content (AvgIpc) is 2.78. The highest BCUT2D eigenvalue weighted by molar-refractivity contribution is 7.98. The Morgan fingerprint density at radius 3 is 2.70 bits per heavy atom. The fraction of sp³-hybridized carbons (Fsp3) is 0.174. The molecule has 152 valence electrons. The molecule has 2 amide bonds. The zero-order chi connectivity index (χ0) is 20.9. The van der Waals surface area contributed by atoms with E-state index in [1.54, 1.807) is 42.2 Å². The first kappa shape index (κ1) is 20.1. The van der Waals surface area contributed by atoms with Crippen LogP contribution in [-0.2, 0) is 10.5 Å². The van der Waals surface area contributed by atoms with Gasteiger partial charge in [-0.15, -0.1) is 11.8 Å². The summed E-state index contributed by atoms with van der Waals surface area (Å²) in [5.41, 5.74) is 2.03. The van der Waals surface area contributed by atoms with E-state index in [1.165, 1.54) is 17.0 Å². The summed E-state index contributed by atoms with van der Waals surface area (Å²) < 4.78 is 13.7. The standard InChI is InChI=1S/C23H20FN3O2S/c24-19-5-3-4-18(14-19)21-22(28)26-12-13-27(21)23(29)17-9-7-16(8-10-17)15-30-20-6-1-2-11-25-20/h1-11,14,21H,12-13,15H2,(H,26,28). The zero-order valence-corrected chi connectivity index (χ0v) is 16.9. The number of aromatic nitrogens is 1. The third-order valence-corrected chi connectivity index (χ3v) is 5.88. The first-order chi connectivity index (χ1) is 14.6. The van der Waals surface area contributed by atoms with Crippen LogP contribution < -0.4 is 5.32 Å². The Labute approximate surface area is 178 Å². The highest BCUT2D eigenvalue weighted by Crippen LogP contribution is 2.26. The summed E-state index contributed by atoms with van der Waals surface area (Å²) in [7, 11) is 0. The largest absolute Gasteiger partial charge is 0.352 e. The second kappa shape index (κ2) is 9.09. The van der Waals surface area contributed by atoms with Crippen LogP contribution in [0.5, 0.6) is 0 Å². The number of rotatable bonds is 5. The normalized spacial score (nSPS) is 16.2. The molecule has 3 aromatic rings. The molecule has 1 aliphatic rings. The Balaban J connectivity index is 1.50. The van der Waals surface area contributed by atoms with Crippen molar-refractivity contribution in [2.75, 3.05) is 13.1 Å². The second-order valence-corrected chi connectivity index (χ2v) is 7.90. The number of halogens is 1. The summed E-state index contributed by atoms with van der Waals surface area (Å²) in [6.07, 6.45) is 1.76. The van der Waals surface area contributed by atoms with Gasteiger partial charge in [-0.25, -0.2) is 9.37 Å². The van der Waals surface area contributed by atoms with Gasteiger partial charge in [0.1, 0.15) is 11.9 Å². The van der Waals surface area contributed by atoms with E-state index in [9.17, 15) is 14.0 Å². The predicted octanol–water partition coefficient (Wildman–Crippen LogP) is 3.83. The highest BCUT2D eigenvalue weighted by atomic mass is 32.2. The molecule has 0 radical (unpaired) electrons. The molecule has 1 aliphatic heterocycles. The Bertz CT molecular complexity index is 1040. The van der Waals surface area contributed by atoms with Gasteiger partial charge in [-0.05, 0) is 47.5 Å². The smallest absolute Gasteiger partial charge is 0.254 e. The van der Waals surface area contributed by atoms with Crippen LogP contribution in [0.4, 0.5) is 4.39 Å². The van der Waals surface area contributed by atoms with Crippen molar-refractivity contribution in [1.82, 2.24) is 15.2 Å². The number of hydrogen-bond acceptors (Lipinski definition) is 4. The fourth-order valence-electron chi connectivity index (χ4n) is 3.39. The van der Waals surface area contributed by atoms with E-state index in [-0.39, 0.29) is 11.8 Å². The van der Waals surface area contributed by atoms with E-state index in [0.717, 1.165) is 16.3 Å². The van der Waals surface area contributed by atoms with Gasteiger partial charge in [0, 0.05) is 30.6 Å². The Morgan fingerprint density at radius 2 is 1.97 bits per heavy atom. The van der Waals surface area contributed by atoms with Crippen LogP contribution in [0.1, 0.15) is 27.5 Å². The molecule has 0 bridgehead atoms. The predicted molar refractivity (Wildman–Crippen MR) is 113 cm³/mol. The van der Waals surface area contributed by atoms with Crippen LogP contribution in [0.25, 0.3) is 0 Å². The zero-order valence-electron chi connectivity index (χ0n) is 16.1. The lowest BCUT2D eigenvalue weighted by Crippen LogP contribution is -2.52. The van der Waals surface area contributed by atoms with Gasteiger partial charge in [0.05, 0.1) is 5.03 Å². The minimum atomic E-state index is -0.846. The molecule has 1 aromatic heterocycles. The van der Waals surface area contributed by atoms with Crippen molar-refractivity contribution in [3.8, 4) is 0 Å². The van der Waals surface area contributed by atoms with E-state index in [4.69, 9.17) is 0 Å². The van der Waals surface area contributed by atoms with Crippen LogP contribution in [0.15, 0.2) is 78.0 Å². The minimum Gasteiger partial charge on any atom is -0.352 e. The number of benzene rings is 2. The van der Waals surface area contributed by atoms with Crippen molar-refractivity contribution in [2.24, 2.45) is 0 Å². The van der Waals surface area contributed by atoms with Gasteiger partial charge in [-0.3, -0.25) is 9.59 Å². The monoisotopic (exact) mass is 421 g/mol. The SMILES string of the molecule is O=C1NCCN(C(=O)c2ccc(CSc3ccccn3)cc2)C1c1cccc(F)c1. The molecule has 0 spiro atoms. The molecule has 2 aromatic carbocycles. The topological polar surface area (TPSA) is 62.3 Å². The molecular formula is C23H20FN3O2S. The van der Waals surface area contributed by atoms with Crippen LogP contribution in [-0.4, -0.2) is 34.8 Å². The summed E-state index contributed by atoms with van der Waals surface area (Å²) in [6, 6.07) is 18.1. The second-order valence-electron chi connectivity index (χ2n) is 6.90. The van der Waals surface area contributed by atoms with Crippen molar-refractivity contribution in [2.45, 2.75) is 16.8 Å². The molecule has 7 heteroatoms. The maximum Gasteiger partial charge on any atom is 0.254 e. The molecule has 2 heterocycles. The van der Waals surface area contributed by atoms with Gasteiger partial charge in [0.2, 0.25) is 5.91 Å². The molecule has 1 saturated heterocycles. The summed E-state index contributed by atoms with van der Waals surface area (Å²) in [4.78, 5) is 31.4. The number of carbonyl (C=O) groups excluding carboxylic acids is 2. The Hall–Kier alpha value is -3.19. The van der Waals surface area contributed by atoms with E-state index in [2.05, 4.69) is 10.3 Å². The third-order valence-electron chi connectivity index (χ3n) is 4.86. The molecule has 1 N–H and O–H groups in total. The molecule has 1 fully saturated rings. The van der Waals surface area contributed by atoms with Gasteiger partial charge in [0.15, 0.2) is 0 Å².